The minimum absolute atomic E-state index is 0.00507. The Labute approximate surface area is 203 Å². The van der Waals surface area contributed by atoms with E-state index in [1.54, 1.807) is 13.1 Å². The van der Waals surface area contributed by atoms with E-state index >= 15 is 0 Å². The number of hydrogen-bond donors (Lipinski definition) is 2. The van der Waals surface area contributed by atoms with Crippen LogP contribution < -0.4 is 5.32 Å². The van der Waals surface area contributed by atoms with Crippen LogP contribution >= 0.6 is 0 Å². The first-order chi connectivity index (χ1) is 16.8. The Hall–Kier alpha value is -4.14. The van der Waals surface area contributed by atoms with Crippen molar-refractivity contribution in [1.82, 2.24) is 20.0 Å². The molecule has 9 nitrogen and oxygen atoms in total. The van der Waals surface area contributed by atoms with Crippen molar-refractivity contribution in [3.8, 4) is 11.1 Å². The number of aryl methyl sites for hydroxylation is 1. The van der Waals surface area contributed by atoms with E-state index < -0.39 is 29.9 Å². The molecule has 1 heterocycles. The summed E-state index contributed by atoms with van der Waals surface area (Å²) in [6.07, 6.45) is 0.778. The molecule has 1 aliphatic carbocycles. The van der Waals surface area contributed by atoms with Crippen molar-refractivity contribution in [2.24, 2.45) is 13.0 Å². The number of aliphatic carboxylic acids is 1. The summed E-state index contributed by atoms with van der Waals surface area (Å²) in [5.41, 5.74) is 4.87. The second-order valence-corrected chi connectivity index (χ2v) is 8.74. The van der Waals surface area contributed by atoms with Crippen LogP contribution in [0.3, 0.4) is 0 Å². The molecule has 2 N–H and O–H groups in total. The number of ether oxygens (including phenoxy) is 1. The Morgan fingerprint density at radius 3 is 2.23 bits per heavy atom. The van der Waals surface area contributed by atoms with E-state index in [0.717, 1.165) is 22.3 Å². The van der Waals surface area contributed by atoms with E-state index in [1.807, 2.05) is 36.4 Å². The Bertz CT molecular complexity index is 1210. The molecule has 0 fully saturated rings. The summed E-state index contributed by atoms with van der Waals surface area (Å²) in [6.45, 7) is 1.62. The van der Waals surface area contributed by atoms with E-state index in [4.69, 9.17) is 4.74 Å². The van der Waals surface area contributed by atoms with Gasteiger partial charge >= 0.3 is 12.1 Å². The highest BCUT2D eigenvalue weighted by Gasteiger charge is 2.32. The fourth-order valence-corrected chi connectivity index (χ4v) is 4.49. The Morgan fingerprint density at radius 1 is 1.09 bits per heavy atom. The van der Waals surface area contributed by atoms with Gasteiger partial charge in [-0.2, -0.15) is 5.10 Å². The number of aromatic nitrogens is 2. The summed E-state index contributed by atoms with van der Waals surface area (Å²) >= 11 is 0. The smallest absolute Gasteiger partial charge is 0.408 e. The standard InChI is InChI=1S/C26H28N4O5/c1-16(25(32)33)14-29(2)24(31)23(22-12-13-27-30(22)3)28-26(34)35-15-21-19-10-6-4-8-17(19)18-9-5-7-11-20(18)21/h4-13,16,21,23H,14-15H2,1-3H3,(H,28,34)(H,32,33). The zero-order valence-corrected chi connectivity index (χ0v) is 19.8. The number of nitrogens with one attached hydrogen (secondary N) is 1. The Balaban J connectivity index is 1.49. The molecule has 2 amide bonds. The first-order valence-electron chi connectivity index (χ1n) is 11.3. The average Bonchev–Trinajstić information content (AvgIpc) is 3.41. The molecule has 3 aromatic rings. The fourth-order valence-electron chi connectivity index (χ4n) is 4.49. The molecular formula is C26H28N4O5. The van der Waals surface area contributed by atoms with Gasteiger partial charge in [-0.25, -0.2) is 4.79 Å². The number of amides is 2. The molecule has 9 heteroatoms. The molecule has 2 atom stereocenters. The van der Waals surface area contributed by atoms with Gasteiger partial charge < -0.3 is 20.1 Å². The highest BCUT2D eigenvalue weighted by Crippen LogP contribution is 2.44. The highest BCUT2D eigenvalue weighted by atomic mass is 16.5. The first kappa shape index (κ1) is 24.0. The van der Waals surface area contributed by atoms with Gasteiger partial charge in [-0.05, 0) is 28.3 Å². The van der Waals surface area contributed by atoms with Crippen LogP contribution in [0.15, 0.2) is 60.8 Å². The maximum atomic E-state index is 13.2. The van der Waals surface area contributed by atoms with E-state index in [-0.39, 0.29) is 19.1 Å². The quantitative estimate of drug-likeness (QED) is 0.516. The molecule has 0 radical (unpaired) electrons. The second kappa shape index (κ2) is 10.0. The number of benzene rings is 2. The minimum Gasteiger partial charge on any atom is -0.481 e. The summed E-state index contributed by atoms with van der Waals surface area (Å²) < 4.78 is 7.10. The van der Waals surface area contributed by atoms with Gasteiger partial charge in [0.15, 0.2) is 6.04 Å². The molecule has 1 aromatic heterocycles. The molecule has 0 aliphatic heterocycles. The number of carbonyl (C=O) groups excluding carboxylic acids is 2. The summed E-state index contributed by atoms with van der Waals surface area (Å²) in [5.74, 6) is -2.34. The van der Waals surface area contributed by atoms with Crippen LogP contribution in [0.1, 0.15) is 35.7 Å². The number of fused-ring (bicyclic) bond motifs is 3. The van der Waals surface area contributed by atoms with Crippen LogP contribution in [-0.4, -0.2) is 58.0 Å². The number of alkyl carbamates (subject to hydrolysis) is 1. The van der Waals surface area contributed by atoms with Crippen molar-refractivity contribution in [3.05, 3.63) is 77.6 Å². The van der Waals surface area contributed by atoms with E-state index in [1.165, 1.54) is 29.7 Å². The van der Waals surface area contributed by atoms with Crippen LogP contribution in [0, 0.1) is 5.92 Å². The maximum absolute atomic E-state index is 13.2. The van der Waals surface area contributed by atoms with Gasteiger partial charge in [0.05, 0.1) is 11.6 Å². The number of likely N-dealkylation sites (N-methyl/N-ethyl adjacent to an activating group) is 1. The lowest BCUT2D eigenvalue weighted by Crippen LogP contribution is -2.44. The number of carboxylic acids is 1. The normalized spacial score (nSPS) is 13.9. The topological polar surface area (TPSA) is 114 Å². The van der Waals surface area contributed by atoms with Crippen molar-refractivity contribution < 1.29 is 24.2 Å². The van der Waals surface area contributed by atoms with Gasteiger partial charge in [-0.1, -0.05) is 55.5 Å². The molecule has 1 aliphatic rings. The highest BCUT2D eigenvalue weighted by molar-refractivity contribution is 5.87. The van der Waals surface area contributed by atoms with Crippen LogP contribution in [-0.2, 0) is 21.4 Å². The largest absolute Gasteiger partial charge is 0.481 e. The zero-order valence-electron chi connectivity index (χ0n) is 19.8. The molecule has 0 bridgehead atoms. The van der Waals surface area contributed by atoms with Crippen molar-refractivity contribution in [3.63, 3.8) is 0 Å². The zero-order chi connectivity index (χ0) is 25.1. The lowest BCUT2D eigenvalue weighted by molar-refractivity contribution is -0.143. The van der Waals surface area contributed by atoms with Crippen molar-refractivity contribution in [1.29, 1.82) is 0 Å². The average molecular weight is 477 g/mol. The number of nitrogens with zero attached hydrogens (tertiary/aromatic N) is 3. The number of carboxylic acid groups (broad SMARTS) is 1. The lowest BCUT2D eigenvalue weighted by atomic mass is 9.98. The van der Waals surface area contributed by atoms with Crippen LogP contribution in [0.2, 0.25) is 0 Å². The van der Waals surface area contributed by atoms with Gasteiger partial charge in [0.25, 0.3) is 5.91 Å². The van der Waals surface area contributed by atoms with Crippen molar-refractivity contribution in [2.75, 3.05) is 20.2 Å². The van der Waals surface area contributed by atoms with Crippen LogP contribution in [0.4, 0.5) is 4.79 Å². The molecule has 182 valence electrons. The van der Waals surface area contributed by atoms with Gasteiger partial charge in [-0.15, -0.1) is 0 Å². The van der Waals surface area contributed by atoms with Gasteiger partial charge in [0.2, 0.25) is 0 Å². The van der Waals surface area contributed by atoms with E-state index in [0.29, 0.717) is 5.69 Å². The lowest BCUT2D eigenvalue weighted by Gasteiger charge is -2.26. The molecule has 0 saturated carbocycles. The minimum atomic E-state index is -1.08. The molecule has 2 unspecified atom stereocenters. The summed E-state index contributed by atoms with van der Waals surface area (Å²) in [4.78, 5) is 38.6. The maximum Gasteiger partial charge on any atom is 0.408 e. The Morgan fingerprint density at radius 2 is 1.69 bits per heavy atom. The SMILES string of the molecule is CC(CN(C)C(=O)C(NC(=O)OCC1c2ccccc2-c2ccccc21)c1ccnn1C)C(=O)O. The van der Waals surface area contributed by atoms with Crippen LogP contribution in [0.25, 0.3) is 11.1 Å². The molecule has 4 rings (SSSR count). The van der Waals surface area contributed by atoms with E-state index in [2.05, 4.69) is 22.5 Å². The third-order valence-corrected chi connectivity index (χ3v) is 6.35. The molecule has 0 saturated heterocycles. The number of hydrogen-bond acceptors (Lipinski definition) is 5. The van der Waals surface area contributed by atoms with Crippen LogP contribution in [0.5, 0.6) is 0 Å². The van der Waals surface area contributed by atoms with E-state index in [9.17, 15) is 19.5 Å². The summed E-state index contributed by atoms with van der Waals surface area (Å²) in [6, 6.07) is 16.6. The monoisotopic (exact) mass is 476 g/mol. The van der Waals surface area contributed by atoms with Crippen molar-refractivity contribution >= 4 is 18.0 Å². The van der Waals surface area contributed by atoms with Gasteiger partial charge in [-0.3, -0.25) is 14.3 Å². The summed E-state index contributed by atoms with van der Waals surface area (Å²) in [7, 11) is 3.17. The van der Waals surface area contributed by atoms with Crippen molar-refractivity contribution in [2.45, 2.75) is 18.9 Å². The summed E-state index contributed by atoms with van der Waals surface area (Å²) in [5, 5.41) is 15.9. The van der Waals surface area contributed by atoms with Gasteiger partial charge in [0.1, 0.15) is 6.61 Å². The molecule has 0 spiro atoms. The molecule has 35 heavy (non-hydrogen) atoms. The second-order valence-electron chi connectivity index (χ2n) is 8.74. The number of carbonyl (C=O) groups is 3. The molecule has 2 aromatic carbocycles. The first-order valence-corrected chi connectivity index (χ1v) is 11.3. The van der Waals surface area contributed by atoms with Gasteiger partial charge in [0, 0.05) is 32.8 Å². The predicted octanol–water partition coefficient (Wildman–Crippen LogP) is 3.18. The number of rotatable bonds is 8. The molecular weight excluding hydrogens is 448 g/mol. The Kier molecular flexibility index (Phi) is 6.86. The third-order valence-electron chi connectivity index (χ3n) is 6.35. The fraction of sp³-hybridized carbons (Fsp3) is 0.308. The predicted molar refractivity (Wildman–Crippen MR) is 129 cm³/mol. The third kappa shape index (κ3) is 4.89.